The van der Waals surface area contributed by atoms with Gasteiger partial charge in [0.05, 0.1) is 38.6 Å². The molecule has 0 saturated heterocycles. The molecule has 5 heteroatoms. The van der Waals surface area contributed by atoms with Crippen molar-refractivity contribution in [3.63, 3.8) is 0 Å². The average Bonchev–Trinajstić information content (AvgIpc) is 3.70. The Balaban J connectivity index is 1.28. The fourth-order valence-corrected chi connectivity index (χ4v) is 8.80. The van der Waals surface area contributed by atoms with E-state index in [0.717, 1.165) is 50.0 Å². The highest BCUT2D eigenvalue weighted by Gasteiger charge is 2.23. The van der Waals surface area contributed by atoms with Crippen LogP contribution < -0.4 is 10.9 Å². The van der Waals surface area contributed by atoms with Crippen LogP contribution in [0.15, 0.2) is 155 Å². The van der Waals surface area contributed by atoms with Crippen molar-refractivity contribution in [2.45, 2.75) is 26.2 Å². The second-order valence-corrected chi connectivity index (χ2v) is 15.3. The molecule has 0 aliphatic rings. The summed E-state index contributed by atoms with van der Waals surface area (Å²) in [5.41, 5.74) is 8.92. The third-order valence-electron chi connectivity index (χ3n) is 11.3. The molecule has 0 spiro atoms. The molecule has 0 aliphatic heterocycles. The Hall–Kier alpha value is -6.72. The molecular formula is C48H33N3O2. The standard InChI is InChI=1S/C48H33N3O2/c1-48(2,3)28-24-37-45-38(25-28)47(53)36-27-30(50-41-18-10-6-14-33(41)34-15-7-11-19-42(34)50)21-23-44(36)51(45)43-22-20-29(26-35(43)46(37)52)49-39-16-8-4-12-31(39)32-13-5-9-17-40(32)49/h4-27H,1-3H3. The van der Waals surface area contributed by atoms with Crippen LogP contribution >= 0.6 is 0 Å². The molecule has 4 heterocycles. The molecule has 11 rings (SSSR count). The van der Waals surface area contributed by atoms with Gasteiger partial charge in [0.25, 0.3) is 0 Å². The van der Waals surface area contributed by atoms with Gasteiger partial charge in [-0.1, -0.05) is 93.6 Å². The van der Waals surface area contributed by atoms with Crippen LogP contribution in [-0.4, -0.2) is 13.5 Å². The lowest BCUT2D eigenvalue weighted by Gasteiger charge is -2.22. The summed E-state index contributed by atoms with van der Waals surface area (Å²) in [6.45, 7) is 6.38. The van der Waals surface area contributed by atoms with E-state index in [1.807, 2.05) is 24.3 Å². The molecule has 0 bridgehead atoms. The monoisotopic (exact) mass is 683 g/mol. The Labute approximate surface area is 303 Å². The zero-order valence-electron chi connectivity index (χ0n) is 29.5. The first-order valence-corrected chi connectivity index (χ1v) is 18.1. The number of rotatable bonds is 2. The number of pyridine rings is 2. The van der Waals surface area contributed by atoms with Crippen LogP contribution in [0.4, 0.5) is 0 Å². The van der Waals surface area contributed by atoms with Crippen LogP contribution in [0, 0.1) is 0 Å². The molecule has 0 aliphatic carbocycles. The number of nitrogens with zero attached hydrogens (tertiary/aromatic N) is 3. The topological polar surface area (TPSA) is 48.4 Å². The van der Waals surface area contributed by atoms with E-state index in [0.29, 0.717) is 27.1 Å². The van der Waals surface area contributed by atoms with Crippen molar-refractivity contribution in [2.75, 3.05) is 0 Å². The average molecular weight is 684 g/mol. The van der Waals surface area contributed by atoms with E-state index in [1.54, 1.807) is 0 Å². The van der Waals surface area contributed by atoms with E-state index in [-0.39, 0.29) is 16.3 Å². The van der Waals surface area contributed by atoms with E-state index in [2.05, 4.69) is 156 Å². The number of benzene rings is 7. The number of hydrogen-bond acceptors (Lipinski definition) is 2. The van der Waals surface area contributed by atoms with Gasteiger partial charge in [0, 0.05) is 54.5 Å². The summed E-state index contributed by atoms with van der Waals surface area (Å²) >= 11 is 0. The van der Waals surface area contributed by atoms with E-state index in [1.165, 1.54) is 21.5 Å². The number of hydrogen-bond donors (Lipinski definition) is 0. The number of para-hydroxylation sites is 4. The Bertz CT molecular complexity index is 3160. The van der Waals surface area contributed by atoms with Crippen molar-refractivity contribution in [1.29, 1.82) is 0 Å². The van der Waals surface area contributed by atoms with Gasteiger partial charge in [-0.05, 0) is 83.8 Å². The molecule has 252 valence electrons. The smallest absolute Gasteiger partial charge is 0.197 e. The SMILES string of the molecule is CC(C)(C)c1cc2c(=O)c3cc(-n4c5ccccc5c5ccccc54)ccc3n3c4ccc(-n5c6ccccc6c6ccccc65)cc4c(=O)c(c1)c23. The van der Waals surface area contributed by atoms with Gasteiger partial charge in [0.1, 0.15) is 0 Å². The Morgan fingerprint density at radius 2 is 0.736 bits per heavy atom. The van der Waals surface area contributed by atoms with Crippen molar-refractivity contribution in [3.8, 4) is 11.4 Å². The molecule has 0 atom stereocenters. The minimum atomic E-state index is -0.285. The van der Waals surface area contributed by atoms with Crippen LogP contribution in [0.25, 0.3) is 93.1 Å². The van der Waals surface area contributed by atoms with E-state index < -0.39 is 0 Å². The van der Waals surface area contributed by atoms with Crippen LogP contribution in [0.1, 0.15) is 26.3 Å². The lowest BCUT2D eigenvalue weighted by atomic mass is 9.85. The maximum atomic E-state index is 14.8. The molecule has 4 aromatic heterocycles. The fraction of sp³-hybridized carbons (Fsp3) is 0.0833. The predicted octanol–water partition coefficient (Wildman–Crippen LogP) is 11.0. The minimum Gasteiger partial charge on any atom is -0.309 e. The Morgan fingerprint density at radius 3 is 1.09 bits per heavy atom. The second-order valence-electron chi connectivity index (χ2n) is 15.3. The van der Waals surface area contributed by atoms with Gasteiger partial charge < -0.3 is 13.5 Å². The van der Waals surface area contributed by atoms with Crippen molar-refractivity contribution in [2.24, 2.45) is 0 Å². The summed E-state index contributed by atoms with van der Waals surface area (Å²) in [6.07, 6.45) is 0. The molecule has 0 radical (unpaired) electrons. The van der Waals surface area contributed by atoms with E-state index >= 15 is 0 Å². The first-order valence-electron chi connectivity index (χ1n) is 18.1. The van der Waals surface area contributed by atoms with Gasteiger partial charge in [-0.3, -0.25) is 9.59 Å². The van der Waals surface area contributed by atoms with Crippen LogP contribution in [0.2, 0.25) is 0 Å². The maximum absolute atomic E-state index is 14.8. The highest BCUT2D eigenvalue weighted by Crippen LogP contribution is 2.37. The molecule has 0 N–H and O–H groups in total. The molecule has 0 amide bonds. The predicted molar refractivity (Wildman–Crippen MR) is 221 cm³/mol. The van der Waals surface area contributed by atoms with Gasteiger partial charge in [-0.2, -0.15) is 0 Å². The van der Waals surface area contributed by atoms with Crippen LogP contribution in [-0.2, 0) is 5.41 Å². The second kappa shape index (κ2) is 10.4. The van der Waals surface area contributed by atoms with Crippen molar-refractivity contribution >= 4 is 81.7 Å². The molecule has 0 fully saturated rings. The molecule has 5 nitrogen and oxygen atoms in total. The van der Waals surface area contributed by atoms with Crippen molar-refractivity contribution < 1.29 is 0 Å². The summed E-state index contributed by atoms with van der Waals surface area (Å²) < 4.78 is 6.64. The summed E-state index contributed by atoms with van der Waals surface area (Å²) in [5.74, 6) is 0. The lowest BCUT2D eigenvalue weighted by molar-refractivity contribution is 0.591. The van der Waals surface area contributed by atoms with Crippen molar-refractivity contribution in [1.82, 2.24) is 13.5 Å². The third-order valence-corrected chi connectivity index (χ3v) is 11.3. The summed E-state index contributed by atoms with van der Waals surface area (Å²) in [5, 5.41) is 7.01. The minimum absolute atomic E-state index is 0.0700. The zero-order valence-corrected chi connectivity index (χ0v) is 29.5. The lowest BCUT2D eigenvalue weighted by Crippen LogP contribution is -2.18. The first kappa shape index (κ1) is 30.0. The zero-order chi connectivity index (χ0) is 35.7. The first-order chi connectivity index (χ1) is 25.8. The van der Waals surface area contributed by atoms with E-state index in [9.17, 15) is 9.59 Å². The summed E-state index contributed by atoms with van der Waals surface area (Å²) in [6, 6.07) is 50.0. The highest BCUT2D eigenvalue weighted by molar-refractivity contribution is 6.12. The quantitative estimate of drug-likeness (QED) is 0.134. The number of fused-ring (bicyclic) bond motifs is 10. The Morgan fingerprint density at radius 1 is 0.377 bits per heavy atom. The van der Waals surface area contributed by atoms with Gasteiger partial charge in [0.2, 0.25) is 0 Å². The van der Waals surface area contributed by atoms with Crippen molar-refractivity contribution in [3.05, 3.63) is 172 Å². The van der Waals surface area contributed by atoms with Gasteiger partial charge in [-0.15, -0.1) is 0 Å². The highest BCUT2D eigenvalue weighted by atomic mass is 16.1. The third kappa shape index (κ3) is 4.02. The fourth-order valence-electron chi connectivity index (χ4n) is 8.80. The molecule has 7 aromatic carbocycles. The molecule has 0 saturated carbocycles. The van der Waals surface area contributed by atoms with Gasteiger partial charge in [-0.25, -0.2) is 0 Å². The van der Waals surface area contributed by atoms with Gasteiger partial charge >= 0.3 is 0 Å². The van der Waals surface area contributed by atoms with Crippen LogP contribution in [0.3, 0.4) is 0 Å². The van der Waals surface area contributed by atoms with Crippen LogP contribution in [0.5, 0.6) is 0 Å². The molecular weight excluding hydrogens is 651 g/mol. The number of aromatic nitrogens is 3. The Kier molecular flexibility index (Phi) is 5.89. The molecule has 53 heavy (non-hydrogen) atoms. The maximum Gasteiger partial charge on any atom is 0.197 e. The molecule has 0 unspecified atom stereocenters. The summed E-state index contributed by atoms with van der Waals surface area (Å²) in [7, 11) is 0. The molecule has 11 aromatic rings. The normalized spacial score (nSPS) is 12.6. The van der Waals surface area contributed by atoms with E-state index in [4.69, 9.17) is 0 Å². The summed E-state index contributed by atoms with van der Waals surface area (Å²) in [4.78, 5) is 29.6. The largest absolute Gasteiger partial charge is 0.309 e. The van der Waals surface area contributed by atoms with Gasteiger partial charge in [0.15, 0.2) is 10.9 Å².